The van der Waals surface area contributed by atoms with Crippen LogP contribution in [-0.4, -0.2) is 45.4 Å². The molecule has 0 spiro atoms. The molecule has 0 atom stereocenters. The minimum absolute atomic E-state index is 0.331. The van der Waals surface area contributed by atoms with Gasteiger partial charge in [-0.2, -0.15) is 0 Å². The number of carbonyl (C=O) groups excluding carboxylic acids is 1. The van der Waals surface area contributed by atoms with Crippen molar-refractivity contribution >= 4 is 17.9 Å². The van der Waals surface area contributed by atoms with Gasteiger partial charge in [0.1, 0.15) is 22.6 Å². The zero-order chi connectivity index (χ0) is 14.7. The van der Waals surface area contributed by atoms with Gasteiger partial charge >= 0.3 is 17.9 Å². The number of aliphatic carboxylic acids is 1. The summed E-state index contributed by atoms with van der Waals surface area (Å²) in [5.41, 5.74) is -1.82. The van der Waals surface area contributed by atoms with Gasteiger partial charge < -0.3 is 25.2 Å². The Morgan fingerprint density at radius 2 is 1.74 bits per heavy atom. The first kappa shape index (κ1) is 14.3. The predicted molar refractivity (Wildman–Crippen MR) is 59.4 cm³/mol. The Morgan fingerprint density at radius 1 is 1.16 bits per heavy atom. The Bertz CT molecular complexity index is 560. The summed E-state index contributed by atoms with van der Waals surface area (Å²) in [7, 11) is 0.979. The zero-order valence-corrected chi connectivity index (χ0v) is 9.71. The average molecular weight is 270 g/mol. The fourth-order valence-corrected chi connectivity index (χ4v) is 1.55. The van der Waals surface area contributed by atoms with E-state index < -0.39 is 47.0 Å². The molecule has 0 aliphatic rings. The molecule has 0 aliphatic heterocycles. The quantitative estimate of drug-likeness (QED) is 0.569. The molecule has 0 fully saturated rings. The lowest BCUT2D eigenvalue weighted by Crippen LogP contribution is -2.12. The third-order valence-corrected chi connectivity index (χ3v) is 2.31. The number of hydrogen-bond acceptors (Lipinski definition) is 6. The number of hydrogen-bond donors (Lipinski definition) is 4. The number of phenols is 2. The van der Waals surface area contributed by atoms with E-state index in [4.69, 9.17) is 10.2 Å². The third kappa shape index (κ3) is 2.73. The molecule has 1 aromatic carbocycles. The van der Waals surface area contributed by atoms with Gasteiger partial charge in [-0.05, 0) is 11.6 Å². The monoisotopic (exact) mass is 270 g/mol. The number of carboxylic acid groups (broad SMARTS) is 2. The number of ether oxygens (including phenoxy) is 1. The van der Waals surface area contributed by atoms with Gasteiger partial charge in [0.2, 0.25) is 0 Å². The van der Waals surface area contributed by atoms with Gasteiger partial charge in [0.05, 0.1) is 13.5 Å². The maximum Gasteiger partial charge on any atom is 0.345 e. The van der Waals surface area contributed by atoms with E-state index in [2.05, 4.69) is 4.74 Å². The summed E-state index contributed by atoms with van der Waals surface area (Å²) in [6.07, 6.45) is -0.732. The van der Waals surface area contributed by atoms with Crippen LogP contribution in [0.4, 0.5) is 0 Å². The van der Waals surface area contributed by atoms with Gasteiger partial charge in [0, 0.05) is 0 Å². The summed E-state index contributed by atoms with van der Waals surface area (Å²) < 4.78 is 4.29. The van der Waals surface area contributed by atoms with Crippen LogP contribution in [0, 0.1) is 0 Å². The van der Waals surface area contributed by atoms with Crippen LogP contribution in [-0.2, 0) is 16.0 Å². The molecule has 0 aromatic heterocycles. The molecule has 0 amide bonds. The van der Waals surface area contributed by atoms with E-state index >= 15 is 0 Å². The van der Waals surface area contributed by atoms with Crippen molar-refractivity contribution in [2.24, 2.45) is 0 Å². The number of carbonyl (C=O) groups is 3. The zero-order valence-electron chi connectivity index (χ0n) is 9.71. The topological polar surface area (TPSA) is 141 Å². The van der Waals surface area contributed by atoms with Crippen LogP contribution in [0.2, 0.25) is 0 Å². The number of benzene rings is 1. The fourth-order valence-electron chi connectivity index (χ4n) is 1.55. The maximum absolute atomic E-state index is 11.3. The van der Waals surface area contributed by atoms with Crippen molar-refractivity contribution < 1.29 is 39.5 Å². The van der Waals surface area contributed by atoms with E-state index in [0.29, 0.717) is 0 Å². The van der Waals surface area contributed by atoms with Crippen LogP contribution in [0.5, 0.6) is 11.5 Å². The lowest BCUT2D eigenvalue weighted by Gasteiger charge is -2.11. The molecular weight excluding hydrogens is 260 g/mol. The van der Waals surface area contributed by atoms with E-state index in [1.54, 1.807) is 0 Å². The summed E-state index contributed by atoms with van der Waals surface area (Å²) in [6.45, 7) is 0. The molecule has 0 radical (unpaired) electrons. The van der Waals surface area contributed by atoms with Crippen LogP contribution in [0.3, 0.4) is 0 Å². The van der Waals surface area contributed by atoms with Crippen molar-refractivity contribution in [3.8, 4) is 11.5 Å². The summed E-state index contributed by atoms with van der Waals surface area (Å²) in [4.78, 5) is 32.9. The van der Waals surface area contributed by atoms with E-state index in [-0.39, 0.29) is 5.56 Å². The Balaban J connectivity index is 3.58. The first-order valence-corrected chi connectivity index (χ1v) is 4.90. The standard InChI is InChI=1S/C11H10O8/c1-19-11(18)8-5(12)2-4(3-6(13)14)7(9(8)15)10(16)17/h2,12,15H,3H2,1H3,(H,13,14)(H,16,17). The lowest BCUT2D eigenvalue weighted by atomic mass is 9.98. The highest BCUT2D eigenvalue weighted by atomic mass is 16.5. The molecule has 8 nitrogen and oxygen atoms in total. The van der Waals surface area contributed by atoms with Gasteiger partial charge in [-0.25, -0.2) is 9.59 Å². The van der Waals surface area contributed by atoms with Crippen LogP contribution in [0.25, 0.3) is 0 Å². The molecule has 0 bridgehead atoms. The Labute approximate surface area is 106 Å². The number of methoxy groups -OCH3 is 1. The molecule has 1 aromatic rings. The molecule has 0 heterocycles. The SMILES string of the molecule is COC(=O)c1c(O)cc(CC(=O)O)c(C(=O)O)c1O. The number of aromatic hydroxyl groups is 2. The van der Waals surface area contributed by atoms with E-state index in [1.165, 1.54) is 0 Å². The van der Waals surface area contributed by atoms with Crippen molar-refractivity contribution in [2.45, 2.75) is 6.42 Å². The second-order valence-corrected chi connectivity index (χ2v) is 3.52. The first-order valence-electron chi connectivity index (χ1n) is 4.90. The van der Waals surface area contributed by atoms with E-state index in [1.807, 2.05) is 0 Å². The molecule has 0 aliphatic carbocycles. The van der Waals surface area contributed by atoms with Crippen molar-refractivity contribution in [3.05, 3.63) is 22.8 Å². The summed E-state index contributed by atoms with van der Waals surface area (Å²) in [5.74, 6) is -5.91. The Hall–Kier alpha value is -2.77. The molecule has 102 valence electrons. The van der Waals surface area contributed by atoms with Gasteiger partial charge in [-0.3, -0.25) is 4.79 Å². The van der Waals surface area contributed by atoms with E-state index in [0.717, 1.165) is 13.2 Å². The average Bonchev–Trinajstić information content (AvgIpc) is 2.26. The highest BCUT2D eigenvalue weighted by molar-refractivity contribution is 6.03. The Kier molecular flexibility index (Phi) is 3.95. The van der Waals surface area contributed by atoms with Crippen LogP contribution in [0.15, 0.2) is 6.07 Å². The second kappa shape index (κ2) is 5.25. The van der Waals surface area contributed by atoms with Crippen molar-refractivity contribution in [3.63, 3.8) is 0 Å². The minimum Gasteiger partial charge on any atom is -0.507 e. The smallest absolute Gasteiger partial charge is 0.345 e. The third-order valence-electron chi connectivity index (χ3n) is 2.31. The van der Waals surface area contributed by atoms with Crippen LogP contribution >= 0.6 is 0 Å². The second-order valence-electron chi connectivity index (χ2n) is 3.52. The van der Waals surface area contributed by atoms with E-state index in [9.17, 15) is 24.6 Å². The molecule has 1 rings (SSSR count). The van der Waals surface area contributed by atoms with Crippen LogP contribution < -0.4 is 0 Å². The first-order chi connectivity index (χ1) is 8.79. The molecule has 4 N–H and O–H groups in total. The van der Waals surface area contributed by atoms with Gasteiger partial charge in [0.25, 0.3) is 0 Å². The van der Waals surface area contributed by atoms with Crippen molar-refractivity contribution in [1.29, 1.82) is 0 Å². The summed E-state index contributed by atoms with van der Waals surface area (Å²) >= 11 is 0. The Morgan fingerprint density at radius 3 is 2.16 bits per heavy atom. The minimum atomic E-state index is -1.63. The molecule has 0 saturated heterocycles. The largest absolute Gasteiger partial charge is 0.507 e. The van der Waals surface area contributed by atoms with Crippen molar-refractivity contribution in [1.82, 2.24) is 0 Å². The predicted octanol–water partition coefficient (Wildman–Crippen LogP) is 0.210. The fraction of sp³-hybridized carbons (Fsp3) is 0.182. The highest BCUT2D eigenvalue weighted by Gasteiger charge is 2.27. The summed E-state index contributed by atoms with van der Waals surface area (Å²) in [6, 6.07) is 0.795. The lowest BCUT2D eigenvalue weighted by molar-refractivity contribution is -0.136. The number of aromatic carboxylic acids is 1. The molecule has 0 unspecified atom stereocenters. The molecule has 19 heavy (non-hydrogen) atoms. The number of rotatable bonds is 4. The molecule has 8 heteroatoms. The highest BCUT2D eigenvalue weighted by Crippen LogP contribution is 2.34. The van der Waals surface area contributed by atoms with Crippen molar-refractivity contribution in [2.75, 3.05) is 7.11 Å². The van der Waals surface area contributed by atoms with Gasteiger partial charge in [0.15, 0.2) is 0 Å². The normalized spacial score (nSPS) is 9.95. The van der Waals surface area contributed by atoms with Crippen LogP contribution in [0.1, 0.15) is 26.3 Å². The van der Waals surface area contributed by atoms with Gasteiger partial charge in [-0.1, -0.05) is 0 Å². The molecular formula is C11H10O8. The maximum atomic E-state index is 11.3. The summed E-state index contributed by atoms with van der Waals surface area (Å²) in [5, 5.41) is 36.8. The number of phenolic OH excluding ortho intramolecular Hbond substituents is 1. The molecule has 0 saturated carbocycles. The number of esters is 1. The number of carboxylic acids is 2. The van der Waals surface area contributed by atoms with Gasteiger partial charge in [-0.15, -0.1) is 0 Å².